The number of aryl methyl sites for hydroxylation is 1. The standard InChI is InChI=1S/C17H27NO/c1-12-8-6-9-14-15(10-7-11-19-16(12)14)18-13(2)17(3,4)5/h6,8-9,13,15,18H,7,10-11H2,1-5H3. The third-order valence-corrected chi connectivity index (χ3v) is 4.25. The van der Waals surface area contributed by atoms with E-state index in [1.807, 2.05) is 0 Å². The molecule has 2 atom stereocenters. The van der Waals surface area contributed by atoms with Gasteiger partial charge in [-0.3, -0.25) is 0 Å². The molecule has 1 N–H and O–H groups in total. The van der Waals surface area contributed by atoms with Crippen LogP contribution in [-0.4, -0.2) is 12.6 Å². The van der Waals surface area contributed by atoms with Crippen LogP contribution in [0, 0.1) is 12.3 Å². The Morgan fingerprint density at radius 2 is 2.05 bits per heavy atom. The van der Waals surface area contributed by atoms with Crippen LogP contribution in [0.25, 0.3) is 0 Å². The predicted octanol–water partition coefficient (Wildman–Crippen LogP) is 4.23. The van der Waals surface area contributed by atoms with E-state index in [0.717, 1.165) is 25.2 Å². The van der Waals surface area contributed by atoms with Gasteiger partial charge in [-0.25, -0.2) is 0 Å². The van der Waals surface area contributed by atoms with Gasteiger partial charge in [-0.1, -0.05) is 39.0 Å². The lowest BCUT2D eigenvalue weighted by Gasteiger charge is -2.32. The van der Waals surface area contributed by atoms with E-state index in [1.165, 1.54) is 11.1 Å². The van der Waals surface area contributed by atoms with E-state index in [1.54, 1.807) is 0 Å². The fourth-order valence-corrected chi connectivity index (χ4v) is 2.49. The van der Waals surface area contributed by atoms with Gasteiger partial charge in [0.15, 0.2) is 0 Å². The molecule has 0 amide bonds. The van der Waals surface area contributed by atoms with Crippen molar-refractivity contribution in [2.75, 3.05) is 6.61 Å². The Balaban J connectivity index is 2.25. The maximum Gasteiger partial charge on any atom is 0.126 e. The SMILES string of the molecule is Cc1cccc2c1OCCCC2NC(C)C(C)(C)C. The van der Waals surface area contributed by atoms with Crippen LogP contribution in [0.15, 0.2) is 18.2 Å². The molecule has 2 unspecified atom stereocenters. The fraction of sp³-hybridized carbons (Fsp3) is 0.647. The first-order chi connectivity index (χ1) is 8.89. The molecule has 0 radical (unpaired) electrons. The van der Waals surface area contributed by atoms with Crippen molar-refractivity contribution in [2.24, 2.45) is 5.41 Å². The normalized spacial score (nSPS) is 21.2. The van der Waals surface area contributed by atoms with E-state index < -0.39 is 0 Å². The van der Waals surface area contributed by atoms with Gasteiger partial charge in [-0.05, 0) is 37.7 Å². The van der Waals surface area contributed by atoms with Gasteiger partial charge in [-0.2, -0.15) is 0 Å². The molecule has 0 aromatic heterocycles. The number of para-hydroxylation sites is 1. The Bertz CT molecular complexity index is 433. The molecule has 0 aliphatic carbocycles. The van der Waals surface area contributed by atoms with E-state index in [0.29, 0.717) is 12.1 Å². The minimum absolute atomic E-state index is 0.275. The molecule has 19 heavy (non-hydrogen) atoms. The molecule has 1 heterocycles. The molecule has 2 rings (SSSR count). The number of fused-ring (bicyclic) bond motifs is 1. The third kappa shape index (κ3) is 3.30. The highest BCUT2D eigenvalue weighted by Crippen LogP contribution is 2.35. The smallest absolute Gasteiger partial charge is 0.126 e. The second kappa shape index (κ2) is 5.54. The average molecular weight is 261 g/mol. The lowest BCUT2D eigenvalue weighted by atomic mass is 9.86. The summed E-state index contributed by atoms with van der Waals surface area (Å²) in [4.78, 5) is 0. The second-order valence-corrected chi connectivity index (χ2v) is 6.79. The van der Waals surface area contributed by atoms with Crippen LogP contribution < -0.4 is 10.1 Å². The quantitative estimate of drug-likeness (QED) is 0.860. The van der Waals surface area contributed by atoms with Gasteiger partial charge in [-0.15, -0.1) is 0 Å². The third-order valence-electron chi connectivity index (χ3n) is 4.25. The first-order valence-electron chi connectivity index (χ1n) is 7.38. The highest BCUT2D eigenvalue weighted by molar-refractivity contribution is 5.43. The number of nitrogens with one attached hydrogen (secondary N) is 1. The molecule has 1 aromatic carbocycles. The van der Waals surface area contributed by atoms with Crippen LogP contribution >= 0.6 is 0 Å². The topological polar surface area (TPSA) is 21.3 Å². The number of rotatable bonds is 2. The first kappa shape index (κ1) is 14.4. The second-order valence-electron chi connectivity index (χ2n) is 6.79. The van der Waals surface area contributed by atoms with Crippen LogP contribution in [0.1, 0.15) is 57.7 Å². The zero-order valence-corrected chi connectivity index (χ0v) is 12.9. The average Bonchev–Trinajstić information content (AvgIpc) is 2.52. The van der Waals surface area contributed by atoms with Crippen LogP contribution in [0.2, 0.25) is 0 Å². The lowest BCUT2D eigenvalue weighted by molar-refractivity contribution is 0.257. The highest BCUT2D eigenvalue weighted by atomic mass is 16.5. The minimum Gasteiger partial charge on any atom is -0.493 e. The maximum absolute atomic E-state index is 5.94. The summed E-state index contributed by atoms with van der Waals surface area (Å²) in [6.45, 7) is 12.1. The molecule has 2 heteroatoms. The van der Waals surface area contributed by atoms with Gasteiger partial charge in [0.25, 0.3) is 0 Å². The Morgan fingerprint density at radius 1 is 1.32 bits per heavy atom. The van der Waals surface area contributed by atoms with Gasteiger partial charge in [0.2, 0.25) is 0 Å². The molecule has 1 aromatic rings. The fourth-order valence-electron chi connectivity index (χ4n) is 2.49. The Hall–Kier alpha value is -1.02. The van der Waals surface area contributed by atoms with E-state index in [-0.39, 0.29) is 5.41 Å². The van der Waals surface area contributed by atoms with Gasteiger partial charge in [0.1, 0.15) is 5.75 Å². The van der Waals surface area contributed by atoms with Crippen molar-refractivity contribution >= 4 is 0 Å². The molecule has 0 saturated carbocycles. The predicted molar refractivity (Wildman–Crippen MR) is 80.7 cm³/mol. The van der Waals surface area contributed by atoms with E-state index in [2.05, 4.69) is 58.1 Å². The first-order valence-corrected chi connectivity index (χ1v) is 7.38. The summed E-state index contributed by atoms with van der Waals surface area (Å²) >= 11 is 0. The Kier molecular flexibility index (Phi) is 4.19. The van der Waals surface area contributed by atoms with Crippen LogP contribution in [0.3, 0.4) is 0 Å². The summed E-state index contributed by atoms with van der Waals surface area (Å²) in [5.74, 6) is 1.10. The van der Waals surface area contributed by atoms with Crippen LogP contribution in [-0.2, 0) is 0 Å². The zero-order valence-electron chi connectivity index (χ0n) is 12.9. The molecule has 0 bridgehead atoms. The minimum atomic E-state index is 0.275. The van der Waals surface area contributed by atoms with Crippen molar-refractivity contribution in [3.05, 3.63) is 29.3 Å². The van der Waals surface area contributed by atoms with Crippen molar-refractivity contribution in [2.45, 2.75) is 59.5 Å². The molecular formula is C17H27NO. The Labute approximate surface area is 117 Å². The summed E-state index contributed by atoms with van der Waals surface area (Å²) in [6.07, 6.45) is 2.26. The van der Waals surface area contributed by atoms with E-state index in [9.17, 15) is 0 Å². The molecule has 0 spiro atoms. The number of benzene rings is 1. The maximum atomic E-state index is 5.94. The Morgan fingerprint density at radius 3 is 2.74 bits per heavy atom. The molecule has 2 nitrogen and oxygen atoms in total. The summed E-state index contributed by atoms with van der Waals surface area (Å²) in [7, 11) is 0. The monoisotopic (exact) mass is 261 g/mol. The number of ether oxygens (including phenoxy) is 1. The summed E-state index contributed by atoms with van der Waals surface area (Å²) in [5, 5.41) is 3.80. The van der Waals surface area contributed by atoms with Gasteiger partial charge in [0.05, 0.1) is 6.61 Å². The van der Waals surface area contributed by atoms with Crippen LogP contribution in [0.4, 0.5) is 0 Å². The highest BCUT2D eigenvalue weighted by Gasteiger charge is 2.26. The molecule has 1 aliphatic heterocycles. The van der Waals surface area contributed by atoms with Crippen molar-refractivity contribution in [1.29, 1.82) is 0 Å². The number of hydrogen-bond donors (Lipinski definition) is 1. The molecule has 0 fully saturated rings. The van der Waals surface area contributed by atoms with Crippen molar-refractivity contribution < 1.29 is 4.74 Å². The molecule has 1 aliphatic rings. The summed E-state index contributed by atoms with van der Waals surface area (Å²) < 4.78 is 5.94. The molecular weight excluding hydrogens is 234 g/mol. The summed E-state index contributed by atoms with van der Waals surface area (Å²) in [5.41, 5.74) is 2.85. The van der Waals surface area contributed by atoms with Gasteiger partial charge >= 0.3 is 0 Å². The van der Waals surface area contributed by atoms with Gasteiger partial charge < -0.3 is 10.1 Å². The van der Waals surface area contributed by atoms with Crippen LogP contribution in [0.5, 0.6) is 5.75 Å². The summed E-state index contributed by atoms with van der Waals surface area (Å²) in [6, 6.07) is 7.37. The largest absolute Gasteiger partial charge is 0.493 e. The van der Waals surface area contributed by atoms with Crippen molar-refractivity contribution in [1.82, 2.24) is 5.32 Å². The van der Waals surface area contributed by atoms with Crippen molar-refractivity contribution in [3.63, 3.8) is 0 Å². The van der Waals surface area contributed by atoms with E-state index in [4.69, 9.17) is 4.74 Å². The molecule has 0 saturated heterocycles. The molecule has 106 valence electrons. The van der Waals surface area contributed by atoms with E-state index >= 15 is 0 Å². The lowest BCUT2D eigenvalue weighted by Crippen LogP contribution is -2.39. The number of hydrogen-bond acceptors (Lipinski definition) is 2. The van der Waals surface area contributed by atoms with Gasteiger partial charge in [0, 0.05) is 17.6 Å². The van der Waals surface area contributed by atoms with Crippen molar-refractivity contribution in [3.8, 4) is 5.75 Å². The zero-order chi connectivity index (χ0) is 14.0.